The Morgan fingerprint density at radius 1 is 0.968 bits per heavy atom. The molecule has 0 heterocycles. The maximum Gasteiger partial charge on any atom is 0.262 e. The zero-order chi connectivity index (χ0) is 22.4. The number of carbonyl (C=O) groups is 1. The van der Waals surface area contributed by atoms with E-state index in [9.17, 15) is 13.2 Å². The zero-order valence-corrected chi connectivity index (χ0v) is 19.1. The molecule has 8 heteroatoms. The van der Waals surface area contributed by atoms with E-state index in [2.05, 4.69) is 10.0 Å². The first-order chi connectivity index (χ1) is 14.8. The molecule has 0 saturated carbocycles. The molecule has 0 saturated heterocycles. The molecule has 3 rings (SSSR count). The summed E-state index contributed by atoms with van der Waals surface area (Å²) in [6.45, 7) is 3.63. The second-order valence-electron chi connectivity index (χ2n) is 6.84. The Hall–Kier alpha value is -2.97. The fourth-order valence-corrected chi connectivity index (χ4v) is 4.81. The summed E-state index contributed by atoms with van der Waals surface area (Å²) < 4.78 is 33.6. The number of amides is 1. The highest BCUT2D eigenvalue weighted by atomic mass is 32.2. The van der Waals surface area contributed by atoms with Crippen LogP contribution in [0.3, 0.4) is 0 Å². The smallest absolute Gasteiger partial charge is 0.262 e. The number of rotatable bonds is 8. The van der Waals surface area contributed by atoms with Crippen LogP contribution >= 0.6 is 11.8 Å². The Labute approximate surface area is 187 Å². The van der Waals surface area contributed by atoms with Crippen molar-refractivity contribution in [1.82, 2.24) is 0 Å². The van der Waals surface area contributed by atoms with Gasteiger partial charge in [0.1, 0.15) is 5.75 Å². The number of para-hydroxylation sites is 2. The van der Waals surface area contributed by atoms with Gasteiger partial charge in [-0.2, -0.15) is 0 Å². The van der Waals surface area contributed by atoms with Crippen molar-refractivity contribution in [1.29, 1.82) is 0 Å². The van der Waals surface area contributed by atoms with Crippen LogP contribution in [0.4, 0.5) is 11.4 Å². The molecule has 3 aromatic carbocycles. The van der Waals surface area contributed by atoms with Crippen molar-refractivity contribution in [3.8, 4) is 5.75 Å². The van der Waals surface area contributed by atoms with E-state index in [0.717, 1.165) is 10.5 Å². The van der Waals surface area contributed by atoms with Gasteiger partial charge in [-0.1, -0.05) is 36.4 Å². The number of sulfonamides is 1. The summed E-state index contributed by atoms with van der Waals surface area (Å²) in [7, 11) is -2.40. The number of ether oxygens (including phenoxy) is 1. The zero-order valence-electron chi connectivity index (χ0n) is 17.5. The van der Waals surface area contributed by atoms with E-state index >= 15 is 0 Å². The Bertz CT molecular complexity index is 1170. The van der Waals surface area contributed by atoms with Gasteiger partial charge in [-0.05, 0) is 55.8 Å². The number of benzene rings is 3. The lowest BCUT2D eigenvalue weighted by Gasteiger charge is -2.16. The third-order valence-electron chi connectivity index (χ3n) is 4.55. The predicted molar refractivity (Wildman–Crippen MR) is 125 cm³/mol. The molecule has 0 fully saturated rings. The van der Waals surface area contributed by atoms with Crippen LogP contribution in [0.1, 0.15) is 12.5 Å². The Morgan fingerprint density at radius 2 is 1.65 bits per heavy atom. The minimum Gasteiger partial charge on any atom is -0.495 e. The average Bonchev–Trinajstić information content (AvgIpc) is 2.76. The van der Waals surface area contributed by atoms with E-state index in [4.69, 9.17) is 4.74 Å². The Morgan fingerprint density at radius 3 is 2.35 bits per heavy atom. The van der Waals surface area contributed by atoms with Gasteiger partial charge in [-0.3, -0.25) is 9.52 Å². The number of nitrogens with one attached hydrogen (secondary N) is 2. The molecule has 162 valence electrons. The van der Waals surface area contributed by atoms with Gasteiger partial charge < -0.3 is 10.1 Å². The van der Waals surface area contributed by atoms with Crippen LogP contribution < -0.4 is 14.8 Å². The maximum absolute atomic E-state index is 12.9. The summed E-state index contributed by atoms with van der Waals surface area (Å²) in [4.78, 5) is 13.7. The molecule has 0 aliphatic rings. The number of hydrogen-bond acceptors (Lipinski definition) is 5. The first-order valence-corrected chi connectivity index (χ1v) is 12.0. The number of hydrogen-bond donors (Lipinski definition) is 2. The molecule has 0 bridgehead atoms. The van der Waals surface area contributed by atoms with Crippen LogP contribution in [0, 0.1) is 6.92 Å². The van der Waals surface area contributed by atoms with Gasteiger partial charge in [0.05, 0.1) is 22.9 Å². The second-order valence-corrected chi connectivity index (χ2v) is 9.94. The number of aryl methyl sites for hydroxylation is 1. The lowest BCUT2D eigenvalue weighted by Crippen LogP contribution is -2.23. The first kappa shape index (κ1) is 22.7. The second kappa shape index (κ2) is 9.89. The van der Waals surface area contributed by atoms with E-state index in [1.165, 1.54) is 31.0 Å². The fourth-order valence-electron chi connectivity index (χ4n) is 2.83. The van der Waals surface area contributed by atoms with Gasteiger partial charge in [-0.25, -0.2) is 8.42 Å². The standard InChI is InChI=1S/C23H24N2O4S2/c1-16-13-14-19(31(27,28)25-20-11-7-8-12-22(20)29-3)15-21(16)24-23(26)17(2)30-18-9-5-4-6-10-18/h4-15,17,25H,1-3H3,(H,24,26)/t17-/m0/s1. The van der Waals surface area contributed by atoms with E-state index in [-0.39, 0.29) is 16.1 Å². The normalized spacial score (nSPS) is 12.1. The summed E-state index contributed by atoms with van der Waals surface area (Å²) in [6.07, 6.45) is 0. The molecular weight excluding hydrogens is 432 g/mol. The van der Waals surface area contributed by atoms with Gasteiger partial charge in [0.2, 0.25) is 5.91 Å². The number of carbonyl (C=O) groups excluding carboxylic acids is 1. The van der Waals surface area contributed by atoms with Gasteiger partial charge in [0.25, 0.3) is 10.0 Å². The van der Waals surface area contributed by atoms with E-state index in [1.54, 1.807) is 30.3 Å². The topological polar surface area (TPSA) is 84.5 Å². The van der Waals surface area contributed by atoms with Crippen LogP contribution in [0.2, 0.25) is 0 Å². The molecule has 0 aromatic heterocycles. The first-order valence-electron chi connectivity index (χ1n) is 9.59. The highest BCUT2D eigenvalue weighted by Crippen LogP contribution is 2.29. The predicted octanol–water partition coefficient (Wildman–Crippen LogP) is 4.92. The van der Waals surface area contributed by atoms with Crippen LogP contribution in [-0.2, 0) is 14.8 Å². The average molecular weight is 457 g/mol. The van der Waals surface area contributed by atoms with Crippen molar-refractivity contribution in [3.63, 3.8) is 0 Å². The third-order valence-corrected chi connectivity index (χ3v) is 7.03. The Kier molecular flexibility index (Phi) is 7.25. The summed E-state index contributed by atoms with van der Waals surface area (Å²) in [5, 5.41) is 2.50. The van der Waals surface area contributed by atoms with Gasteiger partial charge in [0.15, 0.2) is 0 Å². The molecule has 1 amide bonds. The lowest BCUT2D eigenvalue weighted by molar-refractivity contribution is -0.115. The van der Waals surface area contributed by atoms with Gasteiger partial charge >= 0.3 is 0 Å². The minimum absolute atomic E-state index is 0.0441. The number of anilines is 2. The number of methoxy groups -OCH3 is 1. The van der Waals surface area contributed by atoms with Crippen molar-refractivity contribution in [3.05, 3.63) is 78.4 Å². The molecular formula is C23H24N2O4S2. The third kappa shape index (κ3) is 5.80. The summed E-state index contributed by atoms with van der Waals surface area (Å²) in [6, 6.07) is 21.0. The highest BCUT2D eigenvalue weighted by Gasteiger charge is 2.20. The molecule has 3 aromatic rings. The summed E-state index contributed by atoms with van der Waals surface area (Å²) >= 11 is 1.44. The van der Waals surface area contributed by atoms with Gasteiger partial charge in [-0.15, -0.1) is 11.8 Å². The van der Waals surface area contributed by atoms with Crippen molar-refractivity contribution in [2.45, 2.75) is 28.9 Å². The minimum atomic E-state index is -3.88. The van der Waals surface area contributed by atoms with Crippen molar-refractivity contribution >= 4 is 39.1 Å². The van der Waals surface area contributed by atoms with E-state index in [1.807, 2.05) is 44.2 Å². The molecule has 0 spiro atoms. The molecule has 6 nitrogen and oxygen atoms in total. The van der Waals surface area contributed by atoms with Crippen LogP contribution in [0.25, 0.3) is 0 Å². The highest BCUT2D eigenvalue weighted by molar-refractivity contribution is 8.00. The van der Waals surface area contributed by atoms with Crippen molar-refractivity contribution in [2.75, 3.05) is 17.1 Å². The maximum atomic E-state index is 12.9. The van der Waals surface area contributed by atoms with Crippen LogP contribution in [0.15, 0.2) is 82.6 Å². The quantitative estimate of drug-likeness (QED) is 0.470. The Balaban J connectivity index is 1.78. The van der Waals surface area contributed by atoms with Crippen LogP contribution in [0.5, 0.6) is 5.75 Å². The van der Waals surface area contributed by atoms with Crippen LogP contribution in [-0.4, -0.2) is 26.7 Å². The van der Waals surface area contributed by atoms with Gasteiger partial charge in [0, 0.05) is 10.6 Å². The molecule has 0 radical (unpaired) electrons. The molecule has 1 atom stereocenters. The monoisotopic (exact) mass is 456 g/mol. The number of thioether (sulfide) groups is 1. The molecule has 0 aliphatic heterocycles. The molecule has 0 unspecified atom stereocenters. The summed E-state index contributed by atoms with van der Waals surface area (Å²) in [5.41, 5.74) is 1.55. The fraction of sp³-hybridized carbons (Fsp3) is 0.174. The molecule has 31 heavy (non-hydrogen) atoms. The molecule has 2 N–H and O–H groups in total. The van der Waals surface area contributed by atoms with E-state index < -0.39 is 10.0 Å². The van der Waals surface area contributed by atoms with Crippen molar-refractivity contribution < 1.29 is 17.9 Å². The van der Waals surface area contributed by atoms with Crippen molar-refractivity contribution in [2.24, 2.45) is 0 Å². The summed E-state index contributed by atoms with van der Waals surface area (Å²) in [5.74, 6) is 0.211. The largest absolute Gasteiger partial charge is 0.495 e. The SMILES string of the molecule is COc1ccccc1NS(=O)(=O)c1ccc(C)c(NC(=O)[C@H](C)Sc2ccccc2)c1. The molecule has 0 aliphatic carbocycles. The lowest BCUT2D eigenvalue weighted by atomic mass is 10.2. The van der Waals surface area contributed by atoms with E-state index in [0.29, 0.717) is 17.1 Å².